The van der Waals surface area contributed by atoms with E-state index >= 15 is 0 Å². The highest BCUT2D eigenvalue weighted by Crippen LogP contribution is 2.23. The van der Waals surface area contributed by atoms with Gasteiger partial charge < -0.3 is 9.84 Å². The molecule has 0 amide bonds. The third kappa shape index (κ3) is 3.43. The van der Waals surface area contributed by atoms with Crippen LogP contribution in [0.15, 0.2) is 43.1 Å². The van der Waals surface area contributed by atoms with E-state index in [-0.39, 0.29) is 5.78 Å². The summed E-state index contributed by atoms with van der Waals surface area (Å²) in [7, 11) is 1.62. The minimum Gasteiger partial charge on any atom is -0.497 e. The van der Waals surface area contributed by atoms with Crippen molar-refractivity contribution < 1.29 is 14.6 Å². The highest BCUT2D eigenvalue weighted by atomic mass is 16.5. The van der Waals surface area contributed by atoms with Gasteiger partial charge in [-0.3, -0.25) is 9.48 Å². The molecule has 0 bridgehead atoms. The molecule has 5 heteroatoms. The Hall–Kier alpha value is -2.40. The van der Waals surface area contributed by atoms with E-state index in [1.54, 1.807) is 31.8 Å². The summed E-state index contributed by atoms with van der Waals surface area (Å²) in [5.74, 6) is 0.530. The fourth-order valence-electron chi connectivity index (χ4n) is 2.16. The Kier molecular flexibility index (Phi) is 4.47. The van der Waals surface area contributed by atoms with E-state index in [1.165, 1.54) is 6.08 Å². The molecule has 0 aliphatic carbocycles. The maximum atomic E-state index is 11.9. The second kappa shape index (κ2) is 6.15. The van der Waals surface area contributed by atoms with Crippen LogP contribution in [0.25, 0.3) is 0 Å². The van der Waals surface area contributed by atoms with Gasteiger partial charge in [0.2, 0.25) is 0 Å². The standard InChI is InChI=1S/C17H20N2O3/c1-5-15(20)14-11-19(18-16(14)17(2,3)21)10-12-6-8-13(22-4)9-7-12/h5-9,11,21H,1,10H2,2-4H3. The lowest BCUT2D eigenvalue weighted by atomic mass is 9.99. The molecule has 0 saturated carbocycles. The molecule has 1 aromatic heterocycles. The second-order valence-electron chi connectivity index (χ2n) is 5.56. The molecule has 1 heterocycles. The van der Waals surface area contributed by atoms with E-state index in [1.807, 2.05) is 24.3 Å². The lowest BCUT2D eigenvalue weighted by Gasteiger charge is -2.15. The largest absolute Gasteiger partial charge is 0.497 e. The molecule has 22 heavy (non-hydrogen) atoms. The molecule has 0 saturated heterocycles. The van der Waals surface area contributed by atoms with Crippen molar-refractivity contribution in [2.75, 3.05) is 7.11 Å². The molecule has 2 aromatic rings. The first-order chi connectivity index (χ1) is 10.3. The third-order valence-corrected chi connectivity index (χ3v) is 3.30. The summed E-state index contributed by atoms with van der Waals surface area (Å²) in [6.07, 6.45) is 2.87. The van der Waals surface area contributed by atoms with Crippen LogP contribution in [0.2, 0.25) is 0 Å². The number of nitrogens with zero attached hydrogens (tertiary/aromatic N) is 2. The van der Waals surface area contributed by atoms with Gasteiger partial charge in [0, 0.05) is 6.20 Å². The Bertz CT molecular complexity index is 679. The molecule has 0 aliphatic rings. The van der Waals surface area contributed by atoms with Crippen LogP contribution in [0.1, 0.15) is 35.5 Å². The topological polar surface area (TPSA) is 64.4 Å². The van der Waals surface area contributed by atoms with Crippen LogP contribution in [0, 0.1) is 0 Å². The molecule has 5 nitrogen and oxygen atoms in total. The number of ketones is 1. The van der Waals surface area contributed by atoms with Gasteiger partial charge in [0.15, 0.2) is 5.78 Å². The van der Waals surface area contributed by atoms with Crippen LogP contribution in [-0.4, -0.2) is 27.8 Å². The first-order valence-electron chi connectivity index (χ1n) is 6.95. The van der Waals surface area contributed by atoms with Crippen molar-refractivity contribution in [1.29, 1.82) is 0 Å². The molecule has 0 radical (unpaired) electrons. The molecule has 116 valence electrons. The second-order valence-corrected chi connectivity index (χ2v) is 5.56. The van der Waals surface area contributed by atoms with E-state index < -0.39 is 5.60 Å². The van der Waals surface area contributed by atoms with Crippen LogP contribution >= 0.6 is 0 Å². The lowest BCUT2D eigenvalue weighted by Crippen LogP contribution is -2.20. The first kappa shape index (κ1) is 16.0. The zero-order chi connectivity index (χ0) is 16.3. The van der Waals surface area contributed by atoms with E-state index in [0.717, 1.165) is 11.3 Å². The number of methoxy groups -OCH3 is 1. The van der Waals surface area contributed by atoms with Crippen LogP contribution in [0.5, 0.6) is 5.75 Å². The number of allylic oxidation sites excluding steroid dienone is 1. The normalized spacial score (nSPS) is 11.3. The SMILES string of the molecule is C=CC(=O)c1cn(Cc2ccc(OC)cc2)nc1C(C)(C)O. The number of ether oxygens (including phenoxy) is 1. The maximum Gasteiger partial charge on any atom is 0.188 e. The van der Waals surface area contributed by atoms with Gasteiger partial charge in [-0.1, -0.05) is 18.7 Å². The van der Waals surface area contributed by atoms with Crippen molar-refractivity contribution in [3.63, 3.8) is 0 Å². The highest BCUT2D eigenvalue weighted by molar-refractivity contribution is 6.05. The average Bonchev–Trinajstić information content (AvgIpc) is 2.91. The quantitative estimate of drug-likeness (QED) is 0.658. The van der Waals surface area contributed by atoms with Crippen LogP contribution in [0.3, 0.4) is 0 Å². The molecule has 1 N–H and O–H groups in total. The smallest absolute Gasteiger partial charge is 0.188 e. The molecule has 0 unspecified atom stereocenters. The minimum absolute atomic E-state index is 0.252. The lowest BCUT2D eigenvalue weighted by molar-refractivity contribution is 0.0710. The zero-order valence-electron chi connectivity index (χ0n) is 13.0. The van der Waals surface area contributed by atoms with Crippen molar-refractivity contribution in [3.05, 3.63) is 59.9 Å². The van der Waals surface area contributed by atoms with Gasteiger partial charge in [0.1, 0.15) is 17.0 Å². The Morgan fingerprint density at radius 2 is 2.05 bits per heavy atom. The van der Waals surface area contributed by atoms with E-state index in [4.69, 9.17) is 4.74 Å². The summed E-state index contributed by atoms with van der Waals surface area (Å²) in [5.41, 5.74) is 0.546. The summed E-state index contributed by atoms with van der Waals surface area (Å²) in [6, 6.07) is 7.59. The molecule has 1 aromatic carbocycles. The third-order valence-electron chi connectivity index (χ3n) is 3.30. The summed E-state index contributed by atoms with van der Waals surface area (Å²) in [4.78, 5) is 11.9. The maximum absolute atomic E-state index is 11.9. The molecule has 2 rings (SSSR count). The Morgan fingerprint density at radius 1 is 1.41 bits per heavy atom. The van der Waals surface area contributed by atoms with Crippen molar-refractivity contribution in [1.82, 2.24) is 9.78 Å². The van der Waals surface area contributed by atoms with Gasteiger partial charge in [-0.2, -0.15) is 5.10 Å². The number of hydrogen-bond donors (Lipinski definition) is 1. The number of aliphatic hydroxyl groups is 1. The number of rotatable bonds is 6. The number of carbonyl (C=O) groups is 1. The molecule has 0 fully saturated rings. The van der Waals surface area contributed by atoms with Crippen molar-refractivity contribution in [2.24, 2.45) is 0 Å². The predicted molar refractivity (Wildman–Crippen MR) is 84.1 cm³/mol. The summed E-state index contributed by atoms with van der Waals surface area (Å²) < 4.78 is 6.77. The van der Waals surface area contributed by atoms with Crippen molar-refractivity contribution >= 4 is 5.78 Å². The molecular weight excluding hydrogens is 280 g/mol. The highest BCUT2D eigenvalue weighted by Gasteiger charge is 2.26. The van der Waals surface area contributed by atoms with Crippen LogP contribution in [0.4, 0.5) is 0 Å². The van der Waals surface area contributed by atoms with E-state index in [9.17, 15) is 9.90 Å². The van der Waals surface area contributed by atoms with Gasteiger partial charge in [-0.05, 0) is 37.6 Å². The van der Waals surface area contributed by atoms with Gasteiger partial charge in [-0.25, -0.2) is 0 Å². The number of carbonyl (C=O) groups excluding carboxylic acids is 1. The predicted octanol–water partition coefficient (Wildman–Crippen LogP) is 2.54. The van der Waals surface area contributed by atoms with Gasteiger partial charge >= 0.3 is 0 Å². The van der Waals surface area contributed by atoms with Crippen molar-refractivity contribution in [3.8, 4) is 5.75 Å². The van der Waals surface area contributed by atoms with Crippen molar-refractivity contribution in [2.45, 2.75) is 26.0 Å². The molecular formula is C17H20N2O3. The molecule has 0 atom stereocenters. The number of benzene rings is 1. The first-order valence-corrected chi connectivity index (χ1v) is 6.95. The van der Waals surface area contributed by atoms with Crippen LogP contribution < -0.4 is 4.74 Å². The zero-order valence-corrected chi connectivity index (χ0v) is 13.0. The Labute approximate surface area is 129 Å². The summed E-state index contributed by atoms with van der Waals surface area (Å²) in [6.45, 7) is 7.20. The summed E-state index contributed by atoms with van der Waals surface area (Å²) >= 11 is 0. The van der Waals surface area contributed by atoms with Crippen LogP contribution in [-0.2, 0) is 12.1 Å². The van der Waals surface area contributed by atoms with Gasteiger partial charge in [-0.15, -0.1) is 0 Å². The average molecular weight is 300 g/mol. The monoisotopic (exact) mass is 300 g/mol. The minimum atomic E-state index is -1.20. The molecule has 0 spiro atoms. The summed E-state index contributed by atoms with van der Waals surface area (Å²) in [5, 5.41) is 14.5. The van der Waals surface area contributed by atoms with Gasteiger partial charge in [0.05, 0.1) is 19.2 Å². The van der Waals surface area contributed by atoms with Gasteiger partial charge in [0.25, 0.3) is 0 Å². The fourth-order valence-corrected chi connectivity index (χ4v) is 2.16. The Balaban J connectivity index is 2.33. The van der Waals surface area contributed by atoms with E-state index in [0.29, 0.717) is 17.8 Å². The van der Waals surface area contributed by atoms with E-state index in [2.05, 4.69) is 11.7 Å². The fraction of sp³-hybridized carbons (Fsp3) is 0.294. The Morgan fingerprint density at radius 3 is 2.55 bits per heavy atom. The number of hydrogen-bond acceptors (Lipinski definition) is 4. The molecule has 0 aliphatic heterocycles. The number of aromatic nitrogens is 2.